The first-order chi connectivity index (χ1) is 27.3. The fourth-order valence-corrected chi connectivity index (χ4v) is 8.86. The molecule has 4 aromatic heterocycles. The van der Waals surface area contributed by atoms with Gasteiger partial charge in [-0.15, -0.1) is 0 Å². The van der Waals surface area contributed by atoms with E-state index in [-0.39, 0.29) is 0 Å². The molecule has 0 N–H and O–H groups in total. The molecule has 0 bridgehead atoms. The minimum absolute atomic E-state index is 0.647. The van der Waals surface area contributed by atoms with Crippen molar-refractivity contribution in [3.8, 4) is 28.6 Å². The highest BCUT2D eigenvalue weighted by Crippen LogP contribution is 2.42. The van der Waals surface area contributed by atoms with Crippen LogP contribution in [-0.2, 0) is 0 Å². The number of fused-ring (bicyclic) bond motifs is 11. The molecule has 0 unspecified atom stereocenters. The molecule has 5 nitrogen and oxygen atoms in total. The summed E-state index contributed by atoms with van der Waals surface area (Å²) in [5.74, 6) is 0.647. The highest BCUT2D eigenvalue weighted by atomic mass is 15.2. The Labute approximate surface area is 315 Å². The molecule has 4 heterocycles. The van der Waals surface area contributed by atoms with E-state index in [1.54, 1.807) is 0 Å². The van der Waals surface area contributed by atoms with Crippen LogP contribution in [-0.4, -0.2) is 23.7 Å². The molecular formula is C50H31N5. The van der Waals surface area contributed by atoms with E-state index in [0.717, 1.165) is 55.5 Å². The van der Waals surface area contributed by atoms with Gasteiger partial charge in [0.2, 0.25) is 5.95 Å². The second-order valence-electron chi connectivity index (χ2n) is 14.2. The van der Waals surface area contributed by atoms with Gasteiger partial charge in [0.25, 0.3) is 0 Å². The summed E-state index contributed by atoms with van der Waals surface area (Å²) >= 11 is 0. The van der Waals surface area contributed by atoms with Gasteiger partial charge in [0.15, 0.2) is 0 Å². The first kappa shape index (κ1) is 30.0. The van der Waals surface area contributed by atoms with Gasteiger partial charge in [0.05, 0.1) is 38.8 Å². The van der Waals surface area contributed by atoms with Crippen LogP contribution >= 0.6 is 0 Å². The van der Waals surface area contributed by atoms with Gasteiger partial charge in [-0.1, -0.05) is 121 Å². The van der Waals surface area contributed by atoms with E-state index in [9.17, 15) is 0 Å². The van der Waals surface area contributed by atoms with Gasteiger partial charge in [0, 0.05) is 60.8 Å². The van der Waals surface area contributed by atoms with Crippen molar-refractivity contribution in [1.29, 1.82) is 0 Å². The predicted octanol–water partition coefficient (Wildman–Crippen LogP) is 12.6. The molecule has 0 saturated carbocycles. The number of hydrogen-bond acceptors (Lipinski definition) is 2. The zero-order valence-corrected chi connectivity index (χ0v) is 29.6. The average Bonchev–Trinajstić information content (AvgIpc) is 3.94. The van der Waals surface area contributed by atoms with Crippen molar-refractivity contribution in [2.45, 2.75) is 0 Å². The van der Waals surface area contributed by atoms with E-state index in [1.807, 2.05) is 0 Å². The van der Waals surface area contributed by atoms with E-state index >= 15 is 0 Å². The summed E-state index contributed by atoms with van der Waals surface area (Å²) < 4.78 is 6.96. The van der Waals surface area contributed by atoms with Crippen molar-refractivity contribution in [3.05, 3.63) is 188 Å². The van der Waals surface area contributed by atoms with E-state index in [1.165, 1.54) is 43.4 Å². The fourth-order valence-electron chi connectivity index (χ4n) is 8.86. The maximum atomic E-state index is 5.56. The van der Waals surface area contributed by atoms with E-state index < -0.39 is 0 Å². The van der Waals surface area contributed by atoms with Crippen LogP contribution in [0.3, 0.4) is 0 Å². The molecule has 0 spiro atoms. The van der Waals surface area contributed by atoms with Crippen molar-refractivity contribution >= 4 is 76.2 Å². The SMILES string of the molecule is c1ccc(-n2ccc3ccc4c(c5ccc6ccccc6c5n4-c4nc(-c5ccc6c(c5)c5ccccc5n6-c5ccccc5)c5ccccc5n4)c32)cc1. The summed E-state index contributed by atoms with van der Waals surface area (Å²) in [4.78, 5) is 10.9. The molecule has 8 aromatic carbocycles. The van der Waals surface area contributed by atoms with Crippen LogP contribution in [0.4, 0.5) is 0 Å². The number of hydrogen-bond donors (Lipinski definition) is 0. The first-order valence-corrected chi connectivity index (χ1v) is 18.7. The maximum Gasteiger partial charge on any atom is 0.235 e. The standard InChI is InChI=1S/C50H31N5/c1-3-14-35(15-4-1)53-30-29-33-24-28-45-46(48(33)53)40-26-23-32-13-7-8-18-37(32)49(40)55(45)50-51-42-21-11-9-20-39(42)47(52-50)34-25-27-44-41(31-34)38-19-10-12-22-43(38)54(44)36-16-5-2-6-17-36/h1-31H. The molecule has 0 aliphatic rings. The number of benzene rings is 8. The molecule has 0 aliphatic heterocycles. The van der Waals surface area contributed by atoms with Gasteiger partial charge in [-0.05, 0) is 66.0 Å². The lowest BCUT2D eigenvalue weighted by Crippen LogP contribution is -2.04. The van der Waals surface area contributed by atoms with Crippen LogP contribution < -0.4 is 0 Å². The molecular weight excluding hydrogens is 671 g/mol. The summed E-state index contributed by atoms with van der Waals surface area (Å²) in [6.45, 7) is 0. The Bertz CT molecular complexity index is 3480. The van der Waals surface area contributed by atoms with Crippen molar-refractivity contribution < 1.29 is 0 Å². The molecule has 12 aromatic rings. The lowest BCUT2D eigenvalue weighted by Gasteiger charge is -2.13. The van der Waals surface area contributed by atoms with Crippen molar-refractivity contribution in [3.63, 3.8) is 0 Å². The molecule has 0 fully saturated rings. The average molecular weight is 702 g/mol. The molecule has 0 amide bonds. The van der Waals surface area contributed by atoms with Gasteiger partial charge in [-0.2, -0.15) is 0 Å². The minimum atomic E-state index is 0.647. The normalized spacial score (nSPS) is 12.0. The summed E-state index contributed by atoms with van der Waals surface area (Å²) in [5, 5.41) is 9.29. The topological polar surface area (TPSA) is 40.6 Å². The molecule has 0 saturated heterocycles. The molecule has 12 rings (SSSR count). The highest BCUT2D eigenvalue weighted by Gasteiger charge is 2.22. The maximum absolute atomic E-state index is 5.56. The second kappa shape index (κ2) is 11.5. The Balaban J connectivity index is 1.18. The third-order valence-electron chi connectivity index (χ3n) is 11.3. The Morgan fingerprint density at radius 2 is 1.05 bits per heavy atom. The third kappa shape index (κ3) is 4.35. The predicted molar refractivity (Wildman–Crippen MR) is 228 cm³/mol. The van der Waals surface area contributed by atoms with Gasteiger partial charge in [0.1, 0.15) is 0 Å². The van der Waals surface area contributed by atoms with Gasteiger partial charge < -0.3 is 9.13 Å². The lowest BCUT2D eigenvalue weighted by molar-refractivity contribution is 1.02. The molecule has 0 aliphatic carbocycles. The third-order valence-corrected chi connectivity index (χ3v) is 11.3. The smallest absolute Gasteiger partial charge is 0.235 e. The molecule has 55 heavy (non-hydrogen) atoms. The quantitative estimate of drug-likeness (QED) is 0.183. The van der Waals surface area contributed by atoms with Crippen LogP contribution in [0.15, 0.2) is 188 Å². The largest absolute Gasteiger partial charge is 0.316 e. The Kier molecular flexibility index (Phi) is 6.27. The molecule has 5 heteroatoms. The fraction of sp³-hybridized carbons (Fsp3) is 0. The van der Waals surface area contributed by atoms with E-state index in [2.05, 4.69) is 202 Å². The first-order valence-electron chi connectivity index (χ1n) is 18.7. The van der Waals surface area contributed by atoms with Crippen molar-refractivity contribution in [1.82, 2.24) is 23.7 Å². The summed E-state index contributed by atoms with van der Waals surface area (Å²) in [6.07, 6.45) is 2.18. The Hall–Kier alpha value is -7.50. The van der Waals surface area contributed by atoms with Gasteiger partial charge >= 0.3 is 0 Å². The number of rotatable bonds is 4. The van der Waals surface area contributed by atoms with Crippen LogP contribution in [0, 0.1) is 0 Å². The molecule has 0 atom stereocenters. The van der Waals surface area contributed by atoms with Crippen LogP contribution in [0.2, 0.25) is 0 Å². The summed E-state index contributed by atoms with van der Waals surface area (Å²) in [5.41, 5.74) is 10.8. The van der Waals surface area contributed by atoms with Crippen molar-refractivity contribution in [2.75, 3.05) is 0 Å². The van der Waals surface area contributed by atoms with Crippen LogP contribution in [0.5, 0.6) is 0 Å². The highest BCUT2D eigenvalue weighted by molar-refractivity contribution is 6.25. The Morgan fingerprint density at radius 1 is 0.382 bits per heavy atom. The van der Waals surface area contributed by atoms with Crippen LogP contribution in [0.1, 0.15) is 0 Å². The molecule has 256 valence electrons. The van der Waals surface area contributed by atoms with Crippen molar-refractivity contribution in [2.24, 2.45) is 0 Å². The zero-order valence-electron chi connectivity index (χ0n) is 29.6. The minimum Gasteiger partial charge on any atom is -0.316 e. The summed E-state index contributed by atoms with van der Waals surface area (Å²) in [6, 6.07) is 64.9. The lowest BCUT2D eigenvalue weighted by atomic mass is 10.0. The monoisotopic (exact) mass is 701 g/mol. The van der Waals surface area contributed by atoms with E-state index in [4.69, 9.17) is 9.97 Å². The second-order valence-corrected chi connectivity index (χ2v) is 14.2. The van der Waals surface area contributed by atoms with Crippen LogP contribution in [0.25, 0.3) is 105 Å². The summed E-state index contributed by atoms with van der Waals surface area (Å²) in [7, 11) is 0. The van der Waals surface area contributed by atoms with Gasteiger partial charge in [-0.3, -0.25) is 4.57 Å². The number of aromatic nitrogens is 5. The van der Waals surface area contributed by atoms with E-state index in [0.29, 0.717) is 5.95 Å². The Morgan fingerprint density at radius 3 is 1.91 bits per heavy atom. The molecule has 0 radical (unpaired) electrons. The number of nitrogens with zero attached hydrogens (tertiary/aromatic N) is 5. The zero-order chi connectivity index (χ0) is 36.0. The number of para-hydroxylation sites is 4. The van der Waals surface area contributed by atoms with Gasteiger partial charge in [-0.25, -0.2) is 9.97 Å².